The van der Waals surface area contributed by atoms with Crippen LogP contribution in [0.25, 0.3) is 10.8 Å². The van der Waals surface area contributed by atoms with E-state index in [2.05, 4.69) is 10.3 Å². The van der Waals surface area contributed by atoms with Gasteiger partial charge in [0.25, 0.3) is 0 Å². The number of aromatic nitrogens is 1. The summed E-state index contributed by atoms with van der Waals surface area (Å²) in [5, 5.41) is 4.61. The molecule has 6 heteroatoms. The second-order valence-electron chi connectivity index (χ2n) is 4.72. The summed E-state index contributed by atoms with van der Waals surface area (Å²) in [4.78, 5) is 4.05. The fourth-order valence-electron chi connectivity index (χ4n) is 1.95. The lowest BCUT2D eigenvalue weighted by Crippen LogP contribution is -2.31. The van der Waals surface area contributed by atoms with E-state index in [0.29, 0.717) is 11.9 Å². The molecule has 0 fully saturated rings. The molecule has 0 amide bonds. The highest BCUT2D eigenvalue weighted by Crippen LogP contribution is 2.30. The minimum absolute atomic E-state index is 0.00988. The fourth-order valence-corrected chi connectivity index (χ4v) is 1.95. The second-order valence-corrected chi connectivity index (χ2v) is 4.72. The van der Waals surface area contributed by atoms with Crippen LogP contribution in [0.3, 0.4) is 0 Å². The van der Waals surface area contributed by atoms with Crippen molar-refractivity contribution in [2.45, 2.75) is 32.7 Å². The Morgan fingerprint density at radius 3 is 2.52 bits per heavy atom. The van der Waals surface area contributed by atoms with E-state index in [4.69, 9.17) is 4.74 Å². The van der Waals surface area contributed by atoms with Gasteiger partial charge in [-0.15, -0.1) is 0 Å². The Morgan fingerprint density at radius 1 is 1.24 bits per heavy atom. The number of halogens is 3. The van der Waals surface area contributed by atoms with Crippen molar-refractivity contribution in [3.8, 4) is 5.88 Å². The smallest absolute Gasteiger partial charge is 0.425 e. The van der Waals surface area contributed by atoms with Gasteiger partial charge in [0.15, 0.2) is 6.10 Å². The third kappa shape index (κ3) is 3.64. The van der Waals surface area contributed by atoms with Crippen LogP contribution in [0.4, 0.5) is 13.2 Å². The summed E-state index contributed by atoms with van der Waals surface area (Å²) in [6, 6.07) is 7.17. The van der Waals surface area contributed by atoms with Crippen molar-refractivity contribution in [3.05, 3.63) is 36.0 Å². The number of benzene rings is 1. The summed E-state index contributed by atoms with van der Waals surface area (Å²) in [7, 11) is 0. The van der Waals surface area contributed by atoms with Crippen LogP contribution in [0, 0.1) is 0 Å². The third-order valence-electron chi connectivity index (χ3n) is 3.16. The lowest BCUT2D eigenvalue weighted by Gasteiger charge is -2.18. The highest BCUT2D eigenvalue weighted by molar-refractivity contribution is 5.89. The predicted molar refractivity (Wildman–Crippen MR) is 75.3 cm³/mol. The molecule has 1 aromatic heterocycles. The van der Waals surface area contributed by atoms with Gasteiger partial charge < -0.3 is 10.1 Å². The number of nitrogens with zero attached hydrogens (tertiary/aromatic N) is 1. The van der Waals surface area contributed by atoms with E-state index in [-0.39, 0.29) is 5.88 Å². The topological polar surface area (TPSA) is 34.2 Å². The fraction of sp³-hybridized carbons (Fsp3) is 0.400. The molecule has 0 saturated carbocycles. The molecule has 2 rings (SSSR count). The molecule has 0 spiro atoms. The van der Waals surface area contributed by atoms with E-state index in [9.17, 15) is 13.2 Å². The Kier molecular flexibility index (Phi) is 4.67. The van der Waals surface area contributed by atoms with Crippen LogP contribution in [0.15, 0.2) is 30.5 Å². The molecular formula is C15H17F3N2O. The summed E-state index contributed by atoms with van der Waals surface area (Å²) >= 11 is 0. The van der Waals surface area contributed by atoms with Crippen molar-refractivity contribution in [2.75, 3.05) is 6.54 Å². The van der Waals surface area contributed by atoms with Gasteiger partial charge in [-0.2, -0.15) is 13.2 Å². The minimum atomic E-state index is -4.41. The largest absolute Gasteiger partial charge is 0.465 e. The van der Waals surface area contributed by atoms with Crippen LogP contribution in [0.5, 0.6) is 5.88 Å². The van der Waals surface area contributed by atoms with Gasteiger partial charge in [0, 0.05) is 18.1 Å². The van der Waals surface area contributed by atoms with Gasteiger partial charge in [0.1, 0.15) is 0 Å². The van der Waals surface area contributed by atoms with Gasteiger partial charge in [-0.1, -0.05) is 25.1 Å². The van der Waals surface area contributed by atoms with Gasteiger partial charge in [0.2, 0.25) is 5.88 Å². The van der Waals surface area contributed by atoms with Crippen molar-refractivity contribution in [1.29, 1.82) is 0 Å². The average Bonchev–Trinajstić information content (AvgIpc) is 2.45. The van der Waals surface area contributed by atoms with E-state index in [1.54, 1.807) is 18.3 Å². The van der Waals surface area contributed by atoms with Crippen LogP contribution in [-0.4, -0.2) is 23.8 Å². The first-order valence-corrected chi connectivity index (χ1v) is 6.74. The van der Waals surface area contributed by atoms with Crippen LogP contribution in [0.2, 0.25) is 0 Å². The Hall–Kier alpha value is -1.82. The molecule has 3 nitrogen and oxygen atoms in total. The standard InChI is InChI=1S/C15H17F3N2O/c1-3-19-8-11-9-20-14(21-10(2)15(16,17)18)13-7-5-4-6-12(11)13/h4-7,9-10,19H,3,8H2,1-2H3. The number of ether oxygens (including phenoxy) is 1. The van der Waals surface area contributed by atoms with Gasteiger partial charge in [-0.25, -0.2) is 4.98 Å². The van der Waals surface area contributed by atoms with Crippen molar-refractivity contribution in [3.63, 3.8) is 0 Å². The van der Waals surface area contributed by atoms with Crippen molar-refractivity contribution >= 4 is 10.8 Å². The monoisotopic (exact) mass is 298 g/mol. The first-order chi connectivity index (χ1) is 9.93. The molecule has 0 bridgehead atoms. The number of hydrogen-bond acceptors (Lipinski definition) is 3. The second kappa shape index (κ2) is 6.30. The summed E-state index contributed by atoms with van der Waals surface area (Å²) < 4.78 is 42.8. The molecule has 1 heterocycles. The molecule has 1 aromatic carbocycles. The average molecular weight is 298 g/mol. The number of nitrogens with one attached hydrogen (secondary N) is 1. The number of hydrogen-bond donors (Lipinski definition) is 1. The zero-order valence-corrected chi connectivity index (χ0v) is 11.9. The number of rotatable bonds is 5. The zero-order valence-electron chi connectivity index (χ0n) is 11.9. The lowest BCUT2D eigenvalue weighted by molar-refractivity contribution is -0.189. The molecule has 21 heavy (non-hydrogen) atoms. The first kappa shape index (κ1) is 15.6. The molecule has 114 valence electrons. The quantitative estimate of drug-likeness (QED) is 0.914. The minimum Gasteiger partial charge on any atom is -0.465 e. The number of fused-ring (bicyclic) bond motifs is 1. The third-order valence-corrected chi connectivity index (χ3v) is 3.16. The number of alkyl halides is 3. The van der Waals surface area contributed by atoms with Crippen LogP contribution >= 0.6 is 0 Å². The van der Waals surface area contributed by atoms with Crippen LogP contribution in [-0.2, 0) is 6.54 Å². The van der Waals surface area contributed by atoms with Crippen molar-refractivity contribution in [1.82, 2.24) is 10.3 Å². The Bertz CT molecular complexity index is 613. The predicted octanol–water partition coefficient (Wildman–Crippen LogP) is 3.67. The first-order valence-electron chi connectivity index (χ1n) is 6.74. The Labute approximate surface area is 121 Å². The molecule has 1 unspecified atom stereocenters. The van der Waals surface area contributed by atoms with Crippen molar-refractivity contribution in [2.24, 2.45) is 0 Å². The van der Waals surface area contributed by atoms with E-state index in [1.165, 1.54) is 0 Å². The molecule has 1 atom stereocenters. The van der Waals surface area contributed by atoms with E-state index < -0.39 is 12.3 Å². The van der Waals surface area contributed by atoms with Gasteiger partial charge in [-0.05, 0) is 30.5 Å². The van der Waals surface area contributed by atoms with Gasteiger partial charge in [0.05, 0.1) is 0 Å². The molecular weight excluding hydrogens is 281 g/mol. The van der Waals surface area contributed by atoms with E-state index in [0.717, 1.165) is 24.4 Å². The summed E-state index contributed by atoms with van der Waals surface area (Å²) in [6.45, 7) is 4.37. The van der Waals surface area contributed by atoms with Gasteiger partial charge >= 0.3 is 6.18 Å². The number of pyridine rings is 1. The Balaban J connectivity index is 2.38. The highest BCUT2D eigenvalue weighted by Gasteiger charge is 2.38. The summed E-state index contributed by atoms with van der Waals surface area (Å²) in [5.41, 5.74) is 0.930. The van der Waals surface area contributed by atoms with E-state index in [1.807, 2.05) is 19.1 Å². The molecule has 0 radical (unpaired) electrons. The molecule has 0 aliphatic heterocycles. The summed E-state index contributed by atoms with van der Waals surface area (Å²) in [6.07, 6.45) is -4.75. The Morgan fingerprint density at radius 2 is 1.90 bits per heavy atom. The molecule has 0 aliphatic carbocycles. The lowest BCUT2D eigenvalue weighted by atomic mass is 10.1. The molecule has 0 saturated heterocycles. The maximum Gasteiger partial charge on any atom is 0.425 e. The van der Waals surface area contributed by atoms with Crippen molar-refractivity contribution < 1.29 is 17.9 Å². The normalized spacial score (nSPS) is 13.4. The highest BCUT2D eigenvalue weighted by atomic mass is 19.4. The molecule has 0 aliphatic rings. The van der Waals surface area contributed by atoms with Crippen LogP contribution < -0.4 is 10.1 Å². The zero-order chi connectivity index (χ0) is 15.5. The summed E-state index contributed by atoms with van der Waals surface area (Å²) in [5.74, 6) is 0.00988. The maximum absolute atomic E-state index is 12.6. The molecule has 2 aromatic rings. The van der Waals surface area contributed by atoms with Crippen LogP contribution in [0.1, 0.15) is 19.4 Å². The molecule has 1 N–H and O–H groups in total. The van der Waals surface area contributed by atoms with E-state index >= 15 is 0 Å². The van der Waals surface area contributed by atoms with Gasteiger partial charge in [-0.3, -0.25) is 0 Å². The maximum atomic E-state index is 12.6. The SMILES string of the molecule is CCNCc1cnc(OC(C)C(F)(F)F)c2ccccc12.